The number of pyridine rings is 1. The Bertz CT molecular complexity index is 979. The normalized spacial score (nSPS) is 24.3. The zero-order chi connectivity index (χ0) is 25.4. The molecule has 2 atom stereocenters. The Morgan fingerprint density at radius 3 is 2.39 bits per heavy atom. The van der Waals surface area contributed by atoms with E-state index in [4.69, 9.17) is 4.74 Å². The second-order valence-electron chi connectivity index (χ2n) is 10.0. The van der Waals surface area contributed by atoms with Gasteiger partial charge in [0.15, 0.2) is 0 Å². The molecule has 2 fully saturated rings. The van der Waals surface area contributed by atoms with Gasteiger partial charge in [-0.05, 0) is 75.0 Å². The van der Waals surface area contributed by atoms with E-state index in [0.29, 0.717) is 37.9 Å². The van der Waals surface area contributed by atoms with Gasteiger partial charge < -0.3 is 19.8 Å². The molecule has 0 saturated carbocycles. The lowest BCUT2D eigenvalue weighted by Gasteiger charge is -2.40. The lowest BCUT2D eigenvalue weighted by atomic mass is 9.74. The number of aliphatic hydroxyl groups is 2. The van der Waals surface area contributed by atoms with E-state index < -0.39 is 17.6 Å². The van der Waals surface area contributed by atoms with E-state index in [1.807, 2.05) is 30.3 Å². The minimum atomic E-state index is -1.19. The summed E-state index contributed by atoms with van der Waals surface area (Å²) in [7, 11) is 0. The Morgan fingerprint density at radius 2 is 1.67 bits per heavy atom. The van der Waals surface area contributed by atoms with E-state index >= 15 is 0 Å². The van der Waals surface area contributed by atoms with Gasteiger partial charge >= 0.3 is 5.97 Å². The van der Waals surface area contributed by atoms with Crippen LogP contribution in [0.5, 0.6) is 0 Å². The first kappa shape index (κ1) is 26.3. The first-order valence-electron chi connectivity index (χ1n) is 13.0. The van der Waals surface area contributed by atoms with Crippen LogP contribution in [-0.2, 0) is 16.1 Å². The molecule has 1 spiro atoms. The van der Waals surface area contributed by atoms with Crippen molar-refractivity contribution >= 4 is 11.9 Å². The molecule has 2 aliphatic heterocycles. The van der Waals surface area contributed by atoms with Crippen molar-refractivity contribution in [3.05, 3.63) is 66.0 Å². The highest BCUT2D eigenvalue weighted by atomic mass is 16.5. The van der Waals surface area contributed by atoms with Crippen LogP contribution in [0.4, 0.5) is 0 Å². The zero-order valence-electron chi connectivity index (χ0n) is 20.8. The van der Waals surface area contributed by atoms with Crippen LogP contribution in [0.1, 0.15) is 54.4 Å². The Kier molecular flexibility index (Phi) is 9.07. The van der Waals surface area contributed by atoms with Crippen LogP contribution in [0.3, 0.4) is 0 Å². The fraction of sp³-hybridized carbons (Fsp3) is 0.536. The van der Waals surface area contributed by atoms with Gasteiger partial charge in [0, 0.05) is 37.6 Å². The molecule has 1 aromatic heterocycles. The summed E-state index contributed by atoms with van der Waals surface area (Å²) in [5.41, 5.74) is 1.19. The Morgan fingerprint density at radius 1 is 0.944 bits per heavy atom. The molecule has 1 aromatic carbocycles. The molecule has 36 heavy (non-hydrogen) atoms. The molecule has 0 radical (unpaired) electrons. The van der Waals surface area contributed by atoms with E-state index in [2.05, 4.69) is 9.88 Å². The van der Waals surface area contributed by atoms with Gasteiger partial charge in [0.1, 0.15) is 12.7 Å². The predicted molar refractivity (Wildman–Crippen MR) is 135 cm³/mol. The summed E-state index contributed by atoms with van der Waals surface area (Å²) < 4.78 is 5.57. The Balaban J connectivity index is 1.43. The largest absolute Gasteiger partial charge is 0.462 e. The lowest BCUT2D eigenvalue weighted by Crippen LogP contribution is -2.45. The number of aliphatic hydroxyl groups excluding tert-OH is 2. The number of aromatic nitrogens is 1. The molecule has 3 heterocycles. The summed E-state index contributed by atoms with van der Waals surface area (Å²) in [6.07, 6.45) is 5.13. The van der Waals surface area contributed by atoms with Crippen molar-refractivity contribution in [3.8, 4) is 0 Å². The predicted octanol–water partition coefficient (Wildman–Crippen LogP) is 2.65. The molecule has 0 unspecified atom stereocenters. The average molecular weight is 496 g/mol. The van der Waals surface area contributed by atoms with Gasteiger partial charge in [-0.2, -0.15) is 0 Å². The monoisotopic (exact) mass is 495 g/mol. The summed E-state index contributed by atoms with van der Waals surface area (Å²) in [6.45, 7) is 3.00. The third-order valence-electron chi connectivity index (χ3n) is 7.57. The summed E-state index contributed by atoms with van der Waals surface area (Å²) in [5, 5.41) is 20.9. The van der Waals surface area contributed by atoms with Crippen LogP contribution in [0.2, 0.25) is 0 Å². The number of carbonyl (C=O) groups excluding carboxylic acids is 2. The maximum atomic E-state index is 13.3. The summed E-state index contributed by atoms with van der Waals surface area (Å²) in [6, 6.07) is 13.1. The number of ether oxygens (including phenoxy) is 1. The van der Waals surface area contributed by atoms with Crippen molar-refractivity contribution in [2.24, 2.45) is 5.41 Å². The SMILES string of the molecule is O=C(c1ccccc1)N1CCCCC2(CCN(Cc3ccncc3)CC2)C(=O)OC[C@@H](O)[C@@H](O)CC1. The molecule has 194 valence electrons. The number of likely N-dealkylation sites (tertiary alicyclic amines) is 1. The molecule has 8 heteroatoms. The smallest absolute Gasteiger partial charge is 0.312 e. The van der Waals surface area contributed by atoms with Crippen molar-refractivity contribution < 1.29 is 24.5 Å². The number of carbonyl (C=O) groups is 2. The standard InChI is InChI=1S/C28H37N3O5/c32-24-10-17-31(26(34)23-6-2-1-3-7-23)16-5-4-11-28(27(35)36-21-25(24)33)12-18-30(19-13-28)20-22-8-14-29-15-9-22/h1-3,6-9,14-15,24-25,32-33H,4-5,10-13,16-21H2/t24-,25+/m0/s1. The summed E-state index contributed by atoms with van der Waals surface area (Å²) >= 11 is 0. The lowest BCUT2D eigenvalue weighted by molar-refractivity contribution is -0.165. The van der Waals surface area contributed by atoms with Crippen molar-refractivity contribution in [2.45, 2.75) is 57.3 Å². The van der Waals surface area contributed by atoms with Crippen LogP contribution in [-0.4, -0.2) is 81.9 Å². The van der Waals surface area contributed by atoms with E-state index in [9.17, 15) is 19.8 Å². The molecular formula is C28H37N3O5. The van der Waals surface area contributed by atoms with Crippen LogP contribution in [0.25, 0.3) is 0 Å². The number of cyclic esters (lactones) is 1. The molecule has 8 nitrogen and oxygen atoms in total. The van der Waals surface area contributed by atoms with Gasteiger partial charge in [-0.15, -0.1) is 0 Å². The minimum absolute atomic E-state index is 0.0846. The van der Waals surface area contributed by atoms with Gasteiger partial charge in [0.2, 0.25) is 0 Å². The van der Waals surface area contributed by atoms with Gasteiger partial charge in [0.25, 0.3) is 5.91 Å². The highest BCUT2D eigenvalue weighted by Crippen LogP contribution is 2.38. The van der Waals surface area contributed by atoms with E-state index in [1.54, 1.807) is 29.4 Å². The van der Waals surface area contributed by atoms with E-state index in [1.165, 1.54) is 5.56 Å². The highest BCUT2D eigenvalue weighted by Gasteiger charge is 2.42. The number of benzene rings is 1. The van der Waals surface area contributed by atoms with Gasteiger partial charge in [0.05, 0.1) is 11.5 Å². The fourth-order valence-corrected chi connectivity index (χ4v) is 5.19. The quantitative estimate of drug-likeness (QED) is 0.631. The van der Waals surface area contributed by atoms with E-state index in [-0.39, 0.29) is 24.9 Å². The van der Waals surface area contributed by atoms with Gasteiger partial charge in [-0.1, -0.05) is 24.6 Å². The molecule has 4 rings (SSSR count). The second kappa shape index (κ2) is 12.4. The number of hydrogen-bond acceptors (Lipinski definition) is 7. The highest BCUT2D eigenvalue weighted by molar-refractivity contribution is 5.94. The van der Waals surface area contributed by atoms with Crippen molar-refractivity contribution in [2.75, 3.05) is 32.8 Å². The molecular weight excluding hydrogens is 458 g/mol. The number of nitrogens with zero attached hydrogens (tertiary/aromatic N) is 3. The molecule has 0 bridgehead atoms. The molecule has 0 aliphatic carbocycles. The zero-order valence-corrected chi connectivity index (χ0v) is 20.8. The van der Waals surface area contributed by atoms with Crippen LogP contribution in [0, 0.1) is 5.41 Å². The Labute approximate surface area is 212 Å². The third-order valence-corrected chi connectivity index (χ3v) is 7.57. The number of rotatable bonds is 3. The molecule has 2 N–H and O–H groups in total. The van der Waals surface area contributed by atoms with Crippen LogP contribution < -0.4 is 0 Å². The topological polar surface area (TPSA) is 103 Å². The van der Waals surface area contributed by atoms with Crippen molar-refractivity contribution in [1.29, 1.82) is 0 Å². The molecule has 1 amide bonds. The van der Waals surface area contributed by atoms with Gasteiger partial charge in [-0.3, -0.25) is 19.5 Å². The van der Waals surface area contributed by atoms with Crippen molar-refractivity contribution in [1.82, 2.24) is 14.8 Å². The number of piperidine rings is 1. The summed E-state index contributed by atoms with van der Waals surface area (Å²) in [4.78, 5) is 34.5. The van der Waals surface area contributed by atoms with Crippen molar-refractivity contribution in [3.63, 3.8) is 0 Å². The average Bonchev–Trinajstić information content (AvgIpc) is 2.92. The molecule has 2 saturated heterocycles. The first-order chi connectivity index (χ1) is 17.5. The molecule has 2 aromatic rings. The minimum Gasteiger partial charge on any atom is -0.462 e. The van der Waals surface area contributed by atoms with Crippen LogP contribution >= 0.6 is 0 Å². The second-order valence-corrected chi connectivity index (χ2v) is 10.0. The maximum Gasteiger partial charge on any atom is 0.312 e. The summed E-state index contributed by atoms with van der Waals surface area (Å²) in [5.74, 6) is -0.368. The first-order valence-corrected chi connectivity index (χ1v) is 13.0. The van der Waals surface area contributed by atoms with E-state index in [0.717, 1.165) is 32.5 Å². The third kappa shape index (κ3) is 6.69. The number of hydrogen-bond donors (Lipinski definition) is 2. The van der Waals surface area contributed by atoms with Gasteiger partial charge in [-0.25, -0.2) is 0 Å². The number of esters is 1. The maximum absolute atomic E-state index is 13.3. The fourth-order valence-electron chi connectivity index (χ4n) is 5.19. The van der Waals surface area contributed by atoms with Crippen LogP contribution in [0.15, 0.2) is 54.9 Å². The Hall–Kier alpha value is -2.81. The molecule has 2 aliphatic rings. The number of amides is 1.